The molecule has 0 unspecified atom stereocenters. The lowest BCUT2D eigenvalue weighted by Gasteiger charge is -2.14. The zero-order valence-electron chi connectivity index (χ0n) is 12.4. The maximum Gasteiger partial charge on any atom is 0.241 e. The highest BCUT2D eigenvalue weighted by molar-refractivity contribution is 6.35. The van der Waals surface area contributed by atoms with E-state index in [2.05, 4.69) is 15.6 Å². The minimum atomic E-state index is -0.0230. The normalized spacial score (nSPS) is 11.2. The predicted octanol–water partition coefficient (Wildman–Crippen LogP) is 2.14. The third kappa shape index (κ3) is 6.23. The molecule has 0 aromatic heterocycles. The van der Waals surface area contributed by atoms with E-state index >= 15 is 0 Å². The summed E-state index contributed by atoms with van der Waals surface area (Å²) >= 11 is 12.0. The lowest BCUT2D eigenvalue weighted by atomic mass is 10.2. The SMILES string of the molecule is CCNC(=NCc1ccc(Cl)cc1Cl)NCC(=O)N(C)C. The Morgan fingerprint density at radius 3 is 2.57 bits per heavy atom. The summed E-state index contributed by atoms with van der Waals surface area (Å²) in [6, 6.07) is 5.29. The van der Waals surface area contributed by atoms with Gasteiger partial charge in [0.2, 0.25) is 5.91 Å². The average molecular weight is 331 g/mol. The smallest absolute Gasteiger partial charge is 0.241 e. The molecule has 5 nitrogen and oxygen atoms in total. The largest absolute Gasteiger partial charge is 0.357 e. The number of halogens is 2. The molecule has 1 aromatic rings. The summed E-state index contributed by atoms with van der Waals surface area (Å²) in [5.41, 5.74) is 0.872. The van der Waals surface area contributed by atoms with Crippen LogP contribution in [-0.4, -0.2) is 44.0 Å². The molecule has 0 aliphatic carbocycles. The number of amides is 1. The lowest BCUT2D eigenvalue weighted by Crippen LogP contribution is -2.42. The molecular weight excluding hydrogens is 311 g/mol. The van der Waals surface area contributed by atoms with Crippen LogP contribution in [0.4, 0.5) is 0 Å². The second-order valence-electron chi connectivity index (χ2n) is 4.57. The summed E-state index contributed by atoms with van der Waals surface area (Å²) in [5, 5.41) is 7.23. The quantitative estimate of drug-likeness (QED) is 0.642. The molecule has 1 amide bonds. The minimum absolute atomic E-state index is 0.0230. The van der Waals surface area contributed by atoms with Gasteiger partial charge in [-0.2, -0.15) is 0 Å². The predicted molar refractivity (Wildman–Crippen MR) is 88.0 cm³/mol. The number of guanidine groups is 1. The maximum absolute atomic E-state index is 11.6. The van der Waals surface area contributed by atoms with Crippen LogP contribution in [-0.2, 0) is 11.3 Å². The van der Waals surface area contributed by atoms with Crippen LogP contribution in [0.15, 0.2) is 23.2 Å². The number of carbonyl (C=O) groups is 1. The molecule has 0 heterocycles. The fraction of sp³-hybridized carbons (Fsp3) is 0.429. The van der Waals surface area contributed by atoms with Gasteiger partial charge in [-0.1, -0.05) is 29.3 Å². The zero-order valence-corrected chi connectivity index (χ0v) is 13.9. The first-order valence-electron chi connectivity index (χ1n) is 6.60. The van der Waals surface area contributed by atoms with Gasteiger partial charge in [0, 0.05) is 30.7 Å². The monoisotopic (exact) mass is 330 g/mol. The van der Waals surface area contributed by atoms with Gasteiger partial charge in [-0.15, -0.1) is 0 Å². The second kappa shape index (κ2) is 8.74. The molecule has 0 saturated heterocycles. The van der Waals surface area contributed by atoms with E-state index in [1.807, 2.05) is 13.0 Å². The fourth-order valence-electron chi connectivity index (χ4n) is 1.47. The molecule has 7 heteroatoms. The van der Waals surface area contributed by atoms with Crippen molar-refractivity contribution in [3.05, 3.63) is 33.8 Å². The van der Waals surface area contributed by atoms with E-state index in [1.54, 1.807) is 26.2 Å². The first-order chi connectivity index (χ1) is 9.93. The first-order valence-corrected chi connectivity index (χ1v) is 7.36. The van der Waals surface area contributed by atoms with Gasteiger partial charge < -0.3 is 15.5 Å². The molecule has 0 aliphatic heterocycles. The van der Waals surface area contributed by atoms with Crippen LogP contribution in [0, 0.1) is 0 Å². The van der Waals surface area contributed by atoms with E-state index in [9.17, 15) is 4.79 Å². The molecular formula is C14H20Cl2N4O. The highest BCUT2D eigenvalue weighted by Crippen LogP contribution is 2.21. The Morgan fingerprint density at radius 2 is 2.00 bits per heavy atom. The lowest BCUT2D eigenvalue weighted by molar-refractivity contribution is -0.127. The maximum atomic E-state index is 11.6. The summed E-state index contributed by atoms with van der Waals surface area (Å²) < 4.78 is 0. The Morgan fingerprint density at radius 1 is 1.29 bits per heavy atom. The van der Waals surface area contributed by atoms with Gasteiger partial charge in [0.25, 0.3) is 0 Å². The van der Waals surface area contributed by atoms with Gasteiger partial charge in [0.05, 0.1) is 13.1 Å². The van der Waals surface area contributed by atoms with E-state index in [-0.39, 0.29) is 12.5 Å². The number of nitrogens with zero attached hydrogens (tertiary/aromatic N) is 2. The Labute approximate surface area is 135 Å². The molecule has 116 valence electrons. The van der Waals surface area contributed by atoms with Crippen LogP contribution in [0.3, 0.4) is 0 Å². The average Bonchev–Trinajstić information content (AvgIpc) is 2.42. The van der Waals surface area contributed by atoms with Gasteiger partial charge in [-0.25, -0.2) is 4.99 Å². The van der Waals surface area contributed by atoms with Crippen molar-refractivity contribution in [1.29, 1.82) is 0 Å². The Hall–Kier alpha value is -1.46. The number of likely N-dealkylation sites (N-methyl/N-ethyl adjacent to an activating group) is 1. The molecule has 21 heavy (non-hydrogen) atoms. The first kappa shape index (κ1) is 17.6. The van der Waals surface area contributed by atoms with E-state index < -0.39 is 0 Å². The number of nitrogens with one attached hydrogen (secondary N) is 2. The number of hydrogen-bond acceptors (Lipinski definition) is 2. The highest BCUT2D eigenvalue weighted by Gasteiger charge is 2.06. The van der Waals surface area contributed by atoms with E-state index in [1.165, 1.54) is 4.90 Å². The third-order valence-electron chi connectivity index (χ3n) is 2.67. The van der Waals surface area contributed by atoms with E-state index in [0.29, 0.717) is 29.1 Å². The number of benzene rings is 1. The molecule has 2 N–H and O–H groups in total. The summed E-state index contributed by atoms with van der Waals surface area (Å²) in [6.45, 7) is 3.26. The van der Waals surface area contributed by atoms with Crippen molar-refractivity contribution in [1.82, 2.24) is 15.5 Å². The number of rotatable bonds is 5. The van der Waals surface area contributed by atoms with Crippen molar-refractivity contribution in [2.24, 2.45) is 4.99 Å². The summed E-state index contributed by atoms with van der Waals surface area (Å²) in [5.74, 6) is 0.545. The molecule has 1 rings (SSSR count). The van der Waals surface area contributed by atoms with Crippen molar-refractivity contribution >= 4 is 35.1 Å². The molecule has 0 saturated carbocycles. The summed E-state index contributed by atoms with van der Waals surface area (Å²) in [7, 11) is 3.42. The molecule has 0 fully saturated rings. The van der Waals surface area contributed by atoms with E-state index in [4.69, 9.17) is 23.2 Å². The Balaban J connectivity index is 2.68. The second-order valence-corrected chi connectivity index (χ2v) is 5.42. The highest BCUT2D eigenvalue weighted by atomic mass is 35.5. The van der Waals surface area contributed by atoms with E-state index in [0.717, 1.165) is 5.56 Å². The number of hydrogen-bond donors (Lipinski definition) is 2. The van der Waals surface area contributed by atoms with Crippen molar-refractivity contribution in [3.8, 4) is 0 Å². The molecule has 0 atom stereocenters. The van der Waals surface area contributed by atoms with Gasteiger partial charge in [-0.3, -0.25) is 4.79 Å². The van der Waals surface area contributed by atoms with Crippen LogP contribution >= 0.6 is 23.2 Å². The van der Waals surface area contributed by atoms with Crippen LogP contribution in [0.5, 0.6) is 0 Å². The van der Waals surface area contributed by atoms with Crippen LogP contribution in [0.25, 0.3) is 0 Å². The number of aliphatic imine (C=N–C) groups is 1. The van der Waals surface area contributed by atoms with Crippen LogP contribution < -0.4 is 10.6 Å². The summed E-state index contributed by atoms with van der Waals surface area (Å²) in [4.78, 5) is 17.5. The van der Waals surface area contributed by atoms with Gasteiger partial charge in [0.15, 0.2) is 5.96 Å². The van der Waals surface area contributed by atoms with Crippen molar-refractivity contribution < 1.29 is 4.79 Å². The third-order valence-corrected chi connectivity index (χ3v) is 3.26. The zero-order chi connectivity index (χ0) is 15.8. The van der Waals surface area contributed by atoms with Crippen molar-refractivity contribution in [2.45, 2.75) is 13.5 Å². The topological polar surface area (TPSA) is 56.7 Å². The van der Waals surface area contributed by atoms with Crippen LogP contribution in [0.2, 0.25) is 10.0 Å². The fourth-order valence-corrected chi connectivity index (χ4v) is 1.94. The minimum Gasteiger partial charge on any atom is -0.357 e. The molecule has 0 aliphatic rings. The molecule has 0 spiro atoms. The molecule has 1 aromatic carbocycles. The van der Waals surface area contributed by atoms with Crippen molar-refractivity contribution in [3.63, 3.8) is 0 Å². The summed E-state index contributed by atoms with van der Waals surface area (Å²) in [6.07, 6.45) is 0. The number of carbonyl (C=O) groups excluding carboxylic acids is 1. The Kier molecular flexibility index (Phi) is 7.32. The Bertz CT molecular complexity index is 518. The molecule has 0 radical (unpaired) electrons. The van der Waals surface area contributed by atoms with Crippen LogP contribution in [0.1, 0.15) is 12.5 Å². The molecule has 0 bridgehead atoms. The van der Waals surface area contributed by atoms with Gasteiger partial charge in [-0.05, 0) is 24.6 Å². The standard InChI is InChI=1S/C14H20Cl2N4O/c1-4-17-14(19-9-13(21)20(2)3)18-8-10-5-6-11(15)7-12(10)16/h5-7H,4,8-9H2,1-3H3,(H2,17,18,19). The van der Waals surface area contributed by atoms with Gasteiger partial charge in [0.1, 0.15) is 0 Å². The van der Waals surface area contributed by atoms with Crippen molar-refractivity contribution in [2.75, 3.05) is 27.2 Å². The van der Waals surface area contributed by atoms with Gasteiger partial charge >= 0.3 is 0 Å².